The summed E-state index contributed by atoms with van der Waals surface area (Å²) in [5.74, 6) is 1.25. The number of benzene rings is 1. The van der Waals surface area contributed by atoms with Crippen LogP contribution in [0.4, 0.5) is 5.69 Å². The third-order valence-corrected chi connectivity index (χ3v) is 5.39. The molecule has 1 aromatic rings. The van der Waals surface area contributed by atoms with Crippen molar-refractivity contribution in [3.63, 3.8) is 0 Å². The van der Waals surface area contributed by atoms with Crippen molar-refractivity contribution in [2.45, 2.75) is 24.6 Å². The average molecular weight is 307 g/mol. The van der Waals surface area contributed by atoms with E-state index in [0.29, 0.717) is 11.3 Å². The molecule has 0 bridgehead atoms. The summed E-state index contributed by atoms with van der Waals surface area (Å²) in [6, 6.07) is 6.49. The Bertz CT molecular complexity index is 358. The number of thioether (sulfide) groups is 1. The third-order valence-electron chi connectivity index (χ3n) is 2.67. The maximum Gasteiger partial charge on any atom is 0.0593 e. The van der Waals surface area contributed by atoms with E-state index in [-0.39, 0.29) is 0 Å². The van der Waals surface area contributed by atoms with Gasteiger partial charge in [0, 0.05) is 11.3 Å². The van der Waals surface area contributed by atoms with Crippen LogP contribution in [-0.4, -0.2) is 17.0 Å². The molecular formula is C11H13BrClNS. The van der Waals surface area contributed by atoms with E-state index in [1.807, 2.05) is 23.9 Å². The molecule has 1 fully saturated rings. The Labute approximate surface area is 108 Å². The summed E-state index contributed by atoms with van der Waals surface area (Å²) < 4.78 is 0.968. The fraction of sp³-hybridized carbons (Fsp3) is 0.455. The van der Waals surface area contributed by atoms with Crippen molar-refractivity contribution in [2.75, 3.05) is 11.1 Å². The van der Waals surface area contributed by atoms with Crippen molar-refractivity contribution in [1.29, 1.82) is 0 Å². The van der Waals surface area contributed by atoms with E-state index in [9.17, 15) is 0 Å². The van der Waals surface area contributed by atoms with Gasteiger partial charge in [0.2, 0.25) is 0 Å². The lowest BCUT2D eigenvalue weighted by Gasteiger charge is -2.19. The second-order valence-corrected chi connectivity index (χ2v) is 6.40. The van der Waals surface area contributed by atoms with Gasteiger partial charge in [0.25, 0.3) is 0 Å². The van der Waals surface area contributed by atoms with Gasteiger partial charge in [-0.05, 0) is 40.2 Å². The second kappa shape index (κ2) is 4.98. The van der Waals surface area contributed by atoms with Crippen LogP contribution in [0.3, 0.4) is 0 Å². The van der Waals surface area contributed by atoms with Crippen LogP contribution in [0.1, 0.15) is 13.3 Å². The summed E-state index contributed by atoms with van der Waals surface area (Å²) in [5.41, 5.74) is 1.10. The van der Waals surface area contributed by atoms with E-state index < -0.39 is 0 Å². The fourth-order valence-corrected chi connectivity index (χ4v) is 3.49. The molecule has 2 unspecified atom stereocenters. The van der Waals surface area contributed by atoms with Crippen LogP contribution in [0.5, 0.6) is 0 Å². The standard InChI is InChI=1S/C11H13BrClNS/c1-7-9(5-6-15-7)14-10-4-2-3-8(13)11(10)12/h2-4,7,9,14H,5-6H2,1H3. The molecule has 1 aliphatic rings. The molecule has 0 radical (unpaired) electrons. The first-order chi connectivity index (χ1) is 7.18. The molecule has 1 aromatic carbocycles. The Kier molecular flexibility index (Phi) is 3.86. The number of rotatable bonds is 2. The lowest BCUT2D eigenvalue weighted by atomic mass is 10.1. The van der Waals surface area contributed by atoms with Gasteiger partial charge in [0.05, 0.1) is 15.2 Å². The zero-order valence-corrected chi connectivity index (χ0v) is 11.6. The van der Waals surface area contributed by atoms with Crippen molar-refractivity contribution in [3.8, 4) is 0 Å². The van der Waals surface area contributed by atoms with Crippen LogP contribution in [0.2, 0.25) is 5.02 Å². The van der Waals surface area contributed by atoms with E-state index in [2.05, 4.69) is 34.2 Å². The summed E-state index contributed by atoms with van der Waals surface area (Å²) in [4.78, 5) is 0. The summed E-state index contributed by atoms with van der Waals surface area (Å²) in [5, 5.41) is 4.99. The monoisotopic (exact) mass is 305 g/mol. The molecule has 0 amide bonds. The summed E-state index contributed by atoms with van der Waals surface area (Å²) >= 11 is 11.6. The molecule has 1 saturated heterocycles. The highest BCUT2D eigenvalue weighted by Crippen LogP contribution is 2.34. The molecule has 1 N–H and O–H groups in total. The molecule has 0 saturated carbocycles. The van der Waals surface area contributed by atoms with E-state index in [1.165, 1.54) is 12.2 Å². The summed E-state index contributed by atoms with van der Waals surface area (Å²) in [6.07, 6.45) is 1.23. The second-order valence-electron chi connectivity index (χ2n) is 3.72. The first-order valence-corrected chi connectivity index (χ1v) is 7.22. The normalized spacial score (nSPS) is 25.5. The van der Waals surface area contributed by atoms with Crippen molar-refractivity contribution in [2.24, 2.45) is 0 Å². The molecule has 0 aliphatic carbocycles. The largest absolute Gasteiger partial charge is 0.380 e. The number of halogens is 2. The van der Waals surface area contributed by atoms with Crippen molar-refractivity contribution in [3.05, 3.63) is 27.7 Å². The van der Waals surface area contributed by atoms with Gasteiger partial charge in [-0.1, -0.05) is 24.6 Å². The molecule has 4 heteroatoms. The van der Waals surface area contributed by atoms with Crippen LogP contribution in [-0.2, 0) is 0 Å². The highest BCUT2D eigenvalue weighted by atomic mass is 79.9. The van der Waals surface area contributed by atoms with E-state index >= 15 is 0 Å². The van der Waals surface area contributed by atoms with Crippen LogP contribution < -0.4 is 5.32 Å². The zero-order chi connectivity index (χ0) is 10.8. The van der Waals surface area contributed by atoms with Gasteiger partial charge >= 0.3 is 0 Å². The minimum absolute atomic E-state index is 0.560. The zero-order valence-electron chi connectivity index (χ0n) is 8.47. The summed E-state index contributed by atoms with van der Waals surface area (Å²) in [7, 11) is 0. The Morgan fingerprint density at radius 3 is 3.00 bits per heavy atom. The molecule has 1 aliphatic heterocycles. The summed E-state index contributed by atoms with van der Waals surface area (Å²) in [6.45, 7) is 2.27. The molecule has 82 valence electrons. The van der Waals surface area contributed by atoms with Gasteiger partial charge in [0.1, 0.15) is 0 Å². The van der Waals surface area contributed by atoms with Gasteiger partial charge in [-0.15, -0.1) is 0 Å². The van der Waals surface area contributed by atoms with Crippen molar-refractivity contribution < 1.29 is 0 Å². The van der Waals surface area contributed by atoms with Gasteiger partial charge < -0.3 is 5.32 Å². The Morgan fingerprint density at radius 2 is 2.33 bits per heavy atom. The van der Waals surface area contributed by atoms with E-state index in [4.69, 9.17) is 11.6 Å². The lowest BCUT2D eigenvalue weighted by molar-refractivity contribution is 0.724. The Hall–Kier alpha value is 0.140. The first kappa shape index (κ1) is 11.6. The number of hydrogen-bond donors (Lipinski definition) is 1. The Morgan fingerprint density at radius 1 is 1.53 bits per heavy atom. The SMILES string of the molecule is CC1SCCC1Nc1cccc(Cl)c1Br. The smallest absolute Gasteiger partial charge is 0.0593 e. The number of hydrogen-bond acceptors (Lipinski definition) is 2. The minimum atomic E-state index is 0.560. The molecule has 0 aromatic heterocycles. The molecule has 1 nitrogen and oxygen atoms in total. The minimum Gasteiger partial charge on any atom is -0.380 e. The van der Waals surface area contributed by atoms with Gasteiger partial charge in [-0.2, -0.15) is 11.8 Å². The Balaban J connectivity index is 2.13. The highest BCUT2D eigenvalue weighted by Gasteiger charge is 2.24. The van der Waals surface area contributed by atoms with Crippen LogP contribution in [0.15, 0.2) is 22.7 Å². The molecule has 2 rings (SSSR count). The molecular weight excluding hydrogens is 294 g/mol. The van der Waals surface area contributed by atoms with Crippen LogP contribution in [0, 0.1) is 0 Å². The molecule has 1 heterocycles. The van der Waals surface area contributed by atoms with E-state index in [0.717, 1.165) is 15.2 Å². The van der Waals surface area contributed by atoms with E-state index in [1.54, 1.807) is 0 Å². The predicted octanol–water partition coefficient (Wildman–Crippen LogP) is 4.41. The maximum absolute atomic E-state index is 6.04. The van der Waals surface area contributed by atoms with Gasteiger partial charge in [-0.3, -0.25) is 0 Å². The number of anilines is 1. The van der Waals surface area contributed by atoms with Crippen molar-refractivity contribution in [1.82, 2.24) is 0 Å². The molecule has 15 heavy (non-hydrogen) atoms. The number of nitrogens with one attached hydrogen (secondary N) is 1. The average Bonchev–Trinajstić information content (AvgIpc) is 2.60. The van der Waals surface area contributed by atoms with Gasteiger partial charge in [0.15, 0.2) is 0 Å². The quantitative estimate of drug-likeness (QED) is 0.868. The molecule has 0 spiro atoms. The first-order valence-electron chi connectivity index (χ1n) is 5.00. The third kappa shape index (κ3) is 2.63. The highest BCUT2D eigenvalue weighted by molar-refractivity contribution is 9.10. The van der Waals surface area contributed by atoms with Crippen LogP contribution >= 0.6 is 39.3 Å². The topological polar surface area (TPSA) is 12.0 Å². The fourth-order valence-electron chi connectivity index (χ4n) is 1.74. The van der Waals surface area contributed by atoms with Gasteiger partial charge in [-0.25, -0.2) is 0 Å². The molecule has 2 atom stereocenters. The van der Waals surface area contributed by atoms with Crippen molar-refractivity contribution >= 4 is 45.0 Å². The maximum atomic E-state index is 6.04. The van der Waals surface area contributed by atoms with Crippen LogP contribution in [0.25, 0.3) is 0 Å². The predicted molar refractivity (Wildman–Crippen MR) is 73.1 cm³/mol. The lowest BCUT2D eigenvalue weighted by Crippen LogP contribution is -2.24.